The third-order valence-corrected chi connectivity index (χ3v) is 0. The van der Waals surface area contributed by atoms with Gasteiger partial charge < -0.3 is 32.9 Å². The molecule has 0 spiro atoms. The van der Waals surface area contributed by atoms with Crippen LogP contribution in [-0.4, -0.2) is 46.8 Å². The first-order valence-electron chi connectivity index (χ1n) is 1.90. The first kappa shape index (κ1) is 66.3. The summed E-state index contributed by atoms with van der Waals surface area (Å²) in [7, 11) is -14.1. The minimum atomic E-state index is -4.69. The van der Waals surface area contributed by atoms with Crippen LogP contribution in [0.2, 0.25) is 0 Å². The summed E-state index contributed by atoms with van der Waals surface area (Å²) in [6, 6.07) is 0. The van der Waals surface area contributed by atoms with Crippen molar-refractivity contribution in [1.82, 2.24) is 0 Å². The van der Waals surface area contributed by atoms with Crippen LogP contribution in [0.5, 0.6) is 0 Å². The molecule has 0 fully saturated rings. The standard InChI is InChI=1S/3ClHO4.Fe.6H2O/c3*2-1(3,4)5;;;;;;;/h3*(H,2,3,4,5);;6*1H2. The Morgan fingerprint density at radius 3 is 0.364 bits per heavy atom. The number of halogens is 3. The first-order chi connectivity index (χ1) is 6.00. The van der Waals surface area contributed by atoms with Crippen LogP contribution in [0.15, 0.2) is 0 Å². The normalized spacial score (nSPS) is 8.18. The predicted molar refractivity (Wildman–Crippen MR) is 28.3 cm³/mol. The first-order valence-corrected chi connectivity index (χ1v) is 5.69. The van der Waals surface area contributed by atoms with Crippen molar-refractivity contribution < 1.29 is 137 Å². The van der Waals surface area contributed by atoms with E-state index in [-0.39, 0.29) is 49.9 Å². The van der Waals surface area contributed by atoms with Gasteiger partial charge in [0.05, 0.1) is 44.7 Å². The van der Waals surface area contributed by atoms with Crippen LogP contribution in [0.3, 0.4) is 0 Å². The summed E-state index contributed by atoms with van der Waals surface area (Å²) in [5.74, 6) is 0. The van der Waals surface area contributed by atoms with E-state index in [9.17, 15) is 0 Å². The third kappa shape index (κ3) is 17800. The van der Waals surface area contributed by atoms with Crippen molar-refractivity contribution in [2.45, 2.75) is 0 Å². The molecule has 0 aliphatic carbocycles. The van der Waals surface area contributed by atoms with Crippen LogP contribution in [0.4, 0.5) is 0 Å². The van der Waals surface area contributed by atoms with Gasteiger partial charge in [0, 0.05) is 17.1 Å². The maximum absolute atomic E-state index is 8.60. The van der Waals surface area contributed by atoms with Crippen LogP contribution in [0.25, 0.3) is 0 Å². The molecule has 0 aliphatic heterocycles. The maximum Gasteiger partial charge on any atom is 0.0777 e. The maximum atomic E-state index is 8.60. The topological polar surface area (TPSA) is 457 Å². The van der Waals surface area contributed by atoms with E-state index >= 15 is 0 Å². The van der Waals surface area contributed by atoms with E-state index in [1.54, 1.807) is 0 Å². The SMILES string of the molecule is O.O.O.O.O.O.[Fe].[O-][Cl+3]([O-])([O-])O.[O-][Cl+3]([O-])([O-])O.[O-][Cl+3]([O-])([O-])O. The quantitative estimate of drug-likeness (QED) is 0.280. The van der Waals surface area contributed by atoms with Crippen LogP contribution >= 0.6 is 0 Å². The molecule has 0 unspecified atom stereocenters. The second kappa shape index (κ2) is 26.6. The molecule has 22 heteroatoms. The molecule has 22 heavy (non-hydrogen) atoms. The summed E-state index contributed by atoms with van der Waals surface area (Å²) in [5, 5.41) is 0. The smallest absolute Gasteiger partial charge is 0.0777 e. The van der Waals surface area contributed by atoms with Crippen molar-refractivity contribution in [3.05, 3.63) is 0 Å². The van der Waals surface area contributed by atoms with Gasteiger partial charge >= 0.3 is 0 Å². The van der Waals surface area contributed by atoms with Crippen LogP contribution in [0.1, 0.15) is 0 Å². The molecule has 0 bridgehead atoms. The predicted octanol–water partition coefficient (Wildman–Crippen LogP) is -17.3. The molecule has 15 N–H and O–H groups in total. The number of hydrogen-bond donors (Lipinski definition) is 3. The van der Waals surface area contributed by atoms with Crippen molar-refractivity contribution in [1.29, 1.82) is 0 Å². The van der Waals surface area contributed by atoms with E-state index < -0.39 is 30.7 Å². The van der Waals surface area contributed by atoms with Crippen molar-refractivity contribution >= 4 is 0 Å². The number of hydrogen-bond acceptors (Lipinski definition) is 12. The summed E-state index contributed by atoms with van der Waals surface area (Å²) < 4.78 is 98.2. The molecule has 18 nitrogen and oxygen atoms in total. The molecular weight excluding hydrogens is 450 g/mol. The molecule has 152 valence electrons. The minimum absolute atomic E-state index is 0. The zero-order chi connectivity index (χ0) is 13.5. The van der Waals surface area contributed by atoms with Crippen LogP contribution in [0, 0.1) is 30.7 Å². The van der Waals surface area contributed by atoms with Gasteiger partial charge in [0.25, 0.3) is 0 Å². The molecule has 0 aromatic carbocycles. The molecule has 0 radical (unpaired) electrons. The van der Waals surface area contributed by atoms with Gasteiger partial charge in [-0.3, -0.25) is 0 Å². The average Bonchev–Trinajstić information content (AvgIpc) is 1.41. The summed E-state index contributed by atoms with van der Waals surface area (Å²) in [5.41, 5.74) is 0. The summed E-state index contributed by atoms with van der Waals surface area (Å²) in [6.45, 7) is 0. The zero-order valence-corrected chi connectivity index (χ0v) is 12.9. The minimum Gasteiger partial charge on any atom is -0.412 e. The van der Waals surface area contributed by atoms with Gasteiger partial charge in [0.1, 0.15) is 0 Å². The Hall–Kier alpha value is 0.669. The zero-order valence-electron chi connectivity index (χ0n) is 9.50. The van der Waals surface area contributed by atoms with E-state index in [1.807, 2.05) is 0 Å². The molecule has 0 aromatic rings. The Kier molecular flexibility index (Phi) is 80.1. The van der Waals surface area contributed by atoms with Crippen LogP contribution < -0.4 is 41.9 Å². The van der Waals surface area contributed by atoms with E-state index in [2.05, 4.69) is 0 Å². The van der Waals surface area contributed by atoms with E-state index in [1.165, 1.54) is 0 Å². The molecule has 0 aliphatic rings. The Bertz CT molecular complexity index is 93.4. The molecule has 0 saturated heterocycles. The molecular formula is H15Cl3FeO18. The molecule has 0 saturated carbocycles. The molecule has 0 amide bonds. The van der Waals surface area contributed by atoms with Crippen molar-refractivity contribution in [3.8, 4) is 0 Å². The Labute approximate surface area is 137 Å². The molecule has 0 heterocycles. The Morgan fingerprint density at radius 2 is 0.364 bits per heavy atom. The average molecular weight is 465 g/mol. The van der Waals surface area contributed by atoms with Gasteiger partial charge in [0.2, 0.25) is 0 Å². The van der Waals surface area contributed by atoms with Crippen molar-refractivity contribution in [2.75, 3.05) is 0 Å². The third-order valence-electron chi connectivity index (χ3n) is 0. The van der Waals surface area contributed by atoms with Gasteiger partial charge in [-0.2, -0.15) is 41.9 Å². The van der Waals surface area contributed by atoms with E-state index in [0.717, 1.165) is 0 Å². The van der Waals surface area contributed by atoms with Gasteiger partial charge in [-0.25, -0.2) is 0 Å². The van der Waals surface area contributed by atoms with Gasteiger partial charge in [0.15, 0.2) is 0 Å². The fourth-order valence-corrected chi connectivity index (χ4v) is 0. The second-order valence-electron chi connectivity index (χ2n) is 1.19. The Morgan fingerprint density at radius 1 is 0.364 bits per heavy atom. The summed E-state index contributed by atoms with van der Waals surface area (Å²) in [6.07, 6.45) is 0. The fourth-order valence-electron chi connectivity index (χ4n) is 0. The largest absolute Gasteiger partial charge is 0.412 e. The molecule has 0 rings (SSSR count). The van der Waals surface area contributed by atoms with Gasteiger partial charge in [-0.15, -0.1) is 0 Å². The summed E-state index contributed by atoms with van der Waals surface area (Å²) in [4.78, 5) is 0. The second-order valence-corrected chi connectivity index (χ2v) is 3.56. The van der Waals surface area contributed by atoms with Crippen molar-refractivity contribution in [2.24, 2.45) is 0 Å². The van der Waals surface area contributed by atoms with E-state index in [0.29, 0.717) is 0 Å². The Balaban J connectivity index is -0.0000000106. The van der Waals surface area contributed by atoms with Crippen LogP contribution in [-0.2, 0) is 17.1 Å². The molecule has 0 atom stereocenters. The number of rotatable bonds is 0. The molecule has 0 aromatic heterocycles. The monoisotopic (exact) mass is 464 g/mol. The fraction of sp³-hybridized carbons (Fsp3) is 0. The van der Waals surface area contributed by atoms with Crippen molar-refractivity contribution in [3.63, 3.8) is 0 Å². The van der Waals surface area contributed by atoms with Gasteiger partial charge in [-0.1, -0.05) is 0 Å². The van der Waals surface area contributed by atoms with E-state index in [4.69, 9.17) is 55.9 Å². The van der Waals surface area contributed by atoms with Gasteiger partial charge in [-0.05, 0) is 0 Å². The summed E-state index contributed by atoms with van der Waals surface area (Å²) >= 11 is 0.